The molecule has 0 spiro atoms. The summed E-state index contributed by atoms with van der Waals surface area (Å²) in [5.41, 5.74) is 4.05. The van der Waals surface area contributed by atoms with Gasteiger partial charge in [0.15, 0.2) is 0 Å². The molecule has 2 amide bonds. The van der Waals surface area contributed by atoms with Crippen LogP contribution in [-0.4, -0.2) is 39.6 Å². The zero-order valence-electron chi connectivity index (χ0n) is 19.6. The van der Waals surface area contributed by atoms with E-state index in [2.05, 4.69) is 5.10 Å². The quantitative estimate of drug-likeness (QED) is 0.588. The summed E-state index contributed by atoms with van der Waals surface area (Å²) in [6.07, 6.45) is 0. The first-order valence-electron chi connectivity index (χ1n) is 11.1. The van der Waals surface area contributed by atoms with Crippen LogP contribution in [0.4, 0.5) is 5.69 Å². The highest BCUT2D eigenvalue weighted by Gasteiger charge is 2.44. The van der Waals surface area contributed by atoms with E-state index in [1.165, 1.54) is 4.68 Å². The van der Waals surface area contributed by atoms with E-state index < -0.39 is 11.8 Å². The summed E-state index contributed by atoms with van der Waals surface area (Å²) in [6.45, 7) is 10.6. The number of benzene rings is 2. The maximum Gasteiger partial charge on any atom is 0.282 e. The number of carbonyl (C=O) groups is 2. The lowest BCUT2D eigenvalue weighted by molar-refractivity contribution is -0.120. The van der Waals surface area contributed by atoms with Crippen LogP contribution in [0.15, 0.2) is 59.0 Å². The minimum Gasteiger partial charge on any atom is -0.367 e. The molecule has 2 aromatic carbocycles. The molecule has 1 aliphatic rings. The van der Waals surface area contributed by atoms with Crippen molar-refractivity contribution >= 4 is 23.1 Å². The Morgan fingerprint density at radius 1 is 0.848 bits per heavy atom. The highest BCUT2D eigenvalue weighted by atomic mass is 16.2. The molecule has 4 rings (SSSR count). The maximum atomic E-state index is 13.7. The van der Waals surface area contributed by atoms with Gasteiger partial charge in [0.2, 0.25) is 0 Å². The molecule has 33 heavy (non-hydrogen) atoms. The Morgan fingerprint density at radius 3 is 2.15 bits per heavy atom. The van der Waals surface area contributed by atoms with Crippen molar-refractivity contribution in [2.45, 2.75) is 34.6 Å². The van der Waals surface area contributed by atoms with Crippen molar-refractivity contribution in [3.63, 3.8) is 0 Å². The second kappa shape index (κ2) is 8.58. The summed E-state index contributed by atoms with van der Waals surface area (Å²) in [6, 6.07) is 14.6. The molecule has 0 aliphatic carbocycles. The number of aromatic amines is 1. The van der Waals surface area contributed by atoms with E-state index >= 15 is 0 Å². The summed E-state index contributed by atoms with van der Waals surface area (Å²) in [7, 11) is 0. The van der Waals surface area contributed by atoms with Crippen molar-refractivity contribution in [1.82, 2.24) is 14.7 Å². The fourth-order valence-corrected chi connectivity index (χ4v) is 4.38. The number of nitrogens with zero attached hydrogens (tertiary/aromatic N) is 3. The number of aryl methyl sites for hydroxylation is 2. The minimum atomic E-state index is -0.486. The first kappa shape index (κ1) is 22.3. The van der Waals surface area contributed by atoms with Gasteiger partial charge in [-0.2, -0.15) is 0 Å². The van der Waals surface area contributed by atoms with Crippen LogP contribution < -0.4 is 10.5 Å². The fraction of sp³-hybridized carbons (Fsp3) is 0.269. The average Bonchev–Trinajstić information content (AvgIpc) is 3.23. The van der Waals surface area contributed by atoms with Gasteiger partial charge in [-0.25, -0.2) is 9.58 Å². The molecule has 1 N–H and O–H groups in total. The van der Waals surface area contributed by atoms with Gasteiger partial charge in [-0.15, -0.1) is 0 Å². The zero-order valence-corrected chi connectivity index (χ0v) is 19.6. The average molecular weight is 445 g/mol. The smallest absolute Gasteiger partial charge is 0.282 e. The van der Waals surface area contributed by atoms with Crippen LogP contribution in [0.5, 0.6) is 0 Å². The van der Waals surface area contributed by atoms with Gasteiger partial charge in [0.1, 0.15) is 5.70 Å². The van der Waals surface area contributed by atoms with Crippen LogP contribution >= 0.6 is 0 Å². The number of hydrogen-bond acceptors (Lipinski definition) is 4. The number of anilines is 1. The molecule has 7 heteroatoms. The predicted octanol–water partition coefficient (Wildman–Crippen LogP) is 3.72. The van der Waals surface area contributed by atoms with Crippen molar-refractivity contribution < 1.29 is 9.59 Å². The molecule has 0 unspecified atom stereocenters. The standard InChI is InChI=1S/C26H28N4O3/c1-6-28(7-2)23-22(24(31)29(26(23)33)19-13-9-8-10-14-19)21-18(5)27-30(25(21)32)20-15-11-12-16(3)17(20)4/h8-15,27H,6-7H2,1-5H3. The van der Waals surface area contributed by atoms with Gasteiger partial charge < -0.3 is 4.90 Å². The third-order valence-electron chi connectivity index (χ3n) is 6.29. The third-order valence-corrected chi connectivity index (χ3v) is 6.29. The molecular weight excluding hydrogens is 416 g/mol. The first-order chi connectivity index (χ1) is 15.8. The lowest BCUT2D eigenvalue weighted by Gasteiger charge is -2.22. The first-order valence-corrected chi connectivity index (χ1v) is 11.1. The van der Waals surface area contributed by atoms with Gasteiger partial charge in [0, 0.05) is 18.8 Å². The van der Waals surface area contributed by atoms with Crippen LogP contribution in [0.1, 0.15) is 36.2 Å². The Balaban J connectivity index is 1.96. The van der Waals surface area contributed by atoms with Crippen LogP contribution in [-0.2, 0) is 9.59 Å². The van der Waals surface area contributed by atoms with Gasteiger partial charge >= 0.3 is 0 Å². The van der Waals surface area contributed by atoms with Crippen LogP contribution in [0, 0.1) is 20.8 Å². The van der Waals surface area contributed by atoms with E-state index in [4.69, 9.17) is 0 Å². The molecule has 3 aromatic rings. The number of nitrogens with one attached hydrogen (secondary N) is 1. The summed E-state index contributed by atoms with van der Waals surface area (Å²) in [4.78, 5) is 43.9. The normalized spacial score (nSPS) is 13.9. The number of H-pyrrole nitrogens is 1. The predicted molar refractivity (Wildman–Crippen MR) is 129 cm³/mol. The van der Waals surface area contributed by atoms with Crippen LogP contribution in [0.2, 0.25) is 0 Å². The minimum absolute atomic E-state index is 0.148. The number of hydrogen-bond donors (Lipinski definition) is 1. The van der Waals surface area contributed by atoms with Gasteiger partial charge in [0.05, 0.1) is 22.5 Å². The number of aromatic nitrogens is 2. The molecule has 2 heterocycles. The fourth-order valence-electron chi connectivity index (χ4n) is 4.38. The topological polar surface area (TPSA) is 78.4 Å². The molecule has 0 bridgehead atoms. The highest BCUT2D eigenvalue weighted by Crippen LogP contribution is 2.34. The Bertz CT molecular complexity index is 1330. The van der Waals surface area contributed by atoms with E-state index in [1.807, 2.05) is 56.9 Å². The van der Waals surface area contributed by atoms with Crippen molar-refractivity contribution in [1.29, 1.82) is 0 Å². The van der Waals surface area contributed by atoms with Gasteiger partial charge in [-0.3, -0.25) is 19.5 Å². The SMILES string of the molecule is CCN(CC)C1=C(c2c(C)[nH]n(-c3cccc(C)c3C)c2=O)C(=O)N(c2ccccc2)C1=O. The van der Waals surface area contributed by atoms with E-state index in [0.29, 0.717) is 24.5 Å². The monoisotopic (exact) mass is 444 g/mol. The maximum absolute atomic E-state index is 13.7. The molecule has 0 atom stereocenters. The Labute approximate surface area is 192 Å². The molecule has 1 aromatic heterocycles. The Hall–Kier alpha value is -3.87. The highest BCUT2D eigenvalue weighted by molar-refractivity contribution is 6.45. The zero-order chi connectivity index (χ0) is 23.9. The number of carbonyl (C=O) groups excluding carboxylic acids is 2. The Morgan fingerprint density at radius 2 is 1.52 bits per heavy atom. The molecule has 7 nitrogen and oxygen atoms in total. The number of likely N-dealkylation sites (N-methyl/N-ethyl adjacent to an activating group) is 1. The number of amides is 2. The number of imide groups is 1. The summed E-state index contributed by atoms with van der Waals surface area (Å²) in [5.74, 6) is -0.899. The van der Waals surface area contributed by atoms with Crippen molar-refractivity contribution in [3.05, 3.63) is 87.0 Å². The second-order valence-electron chi connectivity index (χ2n) is 8.15. The van der Waals surface area contributed by atoms with E-state index in [9.17, 15) is 14.4 Å². The summed E-state index contributed by atoms with van der Waals surface area (Å²) >= 11 is 0. The van der Waals surface area contributed by atoms with Gasteiger partial charge in [-0.1, -0.05) is 30.3 Å². The summed E-state index contributed by atoms with van der Waals surface area (Å²) < 4.78 is 1.46. The van der Waals surface area contributed by atoms with Gasteiger partial charge in [0.25, 0.3) is 17.4 Å². The lowest BCUT2D eigenvalue weighted by atomic mass is 10.0. The second-order valence-corrected chi connectivity index (χ2v) is 8.15. The molecular formula is C26H28N4O3. The Kier molecular flexibility index (Phi) is 5.80. The largest absolute Gasteiger partial charge is 0.367 e. The molecule has 170 valence electrons. The van der Waals surface area contributed by atoms with Crippen LogP contribution in [0.3, 0.4) is 0 Å². The molecule has 0 fully saturated rings. The third kappa shape index (κ3) is 3.50. The van der Waals surface area contributed by atoms with Crippen molar-refractivity contribution in [3.8, 4) is 5.69 Å². The molecule has 0 saturated carbocycles. The number of para-hydroxylation sites is 1. The molecule has 0 radical (unpaired) electrons. The van der Waals surface area contributed by atoms with Crippen molar-refractivity contribution in [2.24, 2.45) is 0 Å². The molecule has 1 aliphatic heterocycles. The lowest BCUT2D eigenvalue weighted by Crippen LogP contribution is -2.35. The van der Waals surface area contributed by atoms with E-state index in [1.54, 1.807) is 31.2 Å². The van der Waals surface area contributed by atoms with Crippen LogP contribution in [0.25, 0.3) is 11.3 Å². The number of rotatable bonds is 6. The molecule has 0 saturated heterocycles. The summed E-state index contributed by atoms with van der Waals surface area (Å²) in [5, 5.41) is 3.13. The van der Waals surface area contributed by atoms with Crippen molar-refractivity contribution in [2.75, 3.05) is 18.0 Å². The van der Waals surface area contributed by atoms with E-state index in [0.717, 1.165) is 21.7 Å². The van der Waals surface area contributed by atoms with Gasteiger partial charge in [-0.05, 0) is 63.9 Å². The van der Waals surface area contributed by atoms with E-state index in [-0.39, 0.29) is 22.4 Å².